The van der Waals surface area contributed by atoms with Crippen molar-refractivity contribution in [2.24, 2.45) is 0 Å². The van der Waals surface area contributed by atoms with Gasteiger partial charge in [0.25, 0.3) is 0 Å². The van der Waals surface area contributed by atoms with E-state index in [9.17, 15) is 0 Å². The lowest BCUT2D eigenvalue weighted by atomic mass is 9.96. The van der Waals surface area contributed by atoms with Crippen molar-refractivity contribution in [1.82, 2.24) is 14.5 Å². The fraction of sp³-hybridized carbons (Fsp3) is 0.571. The Kier molecular flexibility index (Phi) is 3.73. The van der Waals surface area contributed by atoms with Gasteiger partial charge in [-0.2, -0.15) is 0 Å². The minimum Gasteiger partial charge on any atom is -0.369 e. The van der Waals surface area contributed by atoms with Crippen LogP contribution in [0.2, 0.25) is 0 Å². The average Bonchev–Trinajstić information content (AvgIpc) is 2.64. The van der Waals surface area contributed by atoms with Crippen LogP contribution in [0.1, 0.15) is 51.0 Å². The maximum Gasteiger partial charge on any atom is 0.202 e. The summed E-state index contributed by atoms with van der Waals surface area (Å²) in [5.41, 5.74) is 7.93. The molecule has 2 aromatic rings. The Bertz CT molecular complexity index is 570. The van der Waals surface area contributed by atoms with E-state index in [0.717, 1.165) is 15.6 Å². The Morgan fingerprint density at radius 1 is 1.16 bits per heavy atom. The van der Waals surface area contributed by atoms with E-state index in [2.05, 4.69) is 30.5 Å². The third kappa shape index (κ3) is 2.61. The second kappa shape index (κ2) is 5.49. The second-order valence-electron chi connectivity index (χ2n) is 5.34. The first-order chi connectivity index (χ1) is 9.25. The topological polar surface area (TPSA) is 56.7 Å². The third-order valence-corrected chi connectivity index (χ3v) is 4.40. The van der Waals surface area contributed by atoms with Gasteiger partial charge in [-0.3, -0.25) is 4.57 Å². The molecule has 0 aromatic carbocycles. The lowest BCUT2D eigenvalue weighted by Gasteiger charge is -2.22. The van der Waals surface area contributed by atoms with Crippen LogP contribution in [0.4, 0.5) is 5.95 Å². The van der Waals surface area contributed by atoms with Crippen LogP contribution in [0.3, 0.4) is 0 Å². The van der Waals surface area contributed by atoms with Gasteiger partial charge in [0.2, 0.25) is 5.95 Å². The molecule has 0 aliphatic heterocycles. The summed E-state index contributed by atoms with van der Waals surface area (Å²) in [6, 6.07) is 2.44. The van der Waals surface area contributed by atoms with E-state index in [-0.39, 0.29) is 0 Å². The molecule has 0 saturated heterocycles. The highest BCUT2D eigenvalue weighted by Gasteiger charge is 2.19. The maximum atomic E-state index is 6.12. The van der Waals surface area contributed by atoms with Gasteiger partial charge in [-0.25, -0.2) is 9.97 Å². The number of anilines is 1. The number of nitrogens with zero attached hydrogens (tertiary/aromatic N) is 3. The number of nitrogens with two attached hydrogens (primary N) is 1. The van der Waals surface area contributed by atoms with Gasteiger partial charge in [0.15, 0.2) is 5.65 Å². The molecule has 0 unspecified atom stereocenters. The van der Waals surface area contributed by atoms with Gasteiger partial charge in [-0.05, 0) is 34.8 Å². The first-order valence-electron chi connectivity index (χ1n) is 7.04. The largest absolute Gasteiger partial charge is 0.369 e. The Hall–Kier alpha value is -1.10. The van der Waals surface area contributed by atoms with E-state index in [1.807, 2.05) is 12.3 Å². The number of pyridine rings is 1. The molecule has 2 N–H and O–H groups in total. The summed E-state index contributed by atoms with van der Waals surface area (Å²) in [5.74, 6) is 0.603. The molecule has 5 heteroatoms. The standard InChI is InChI=1S/C14H19BrN4/c15-10-8-12-13(17-9-10)19(14(16)18-12)11-6-4-2-1-3-5-7-11/h8-9,11H,1-7H2,(H2,16,18). The molecule has 1 aliphatic carbocycles. The van der Waals surface area contributed by atoms with Gasteiger partial charge in [-0.15, -0.1) is 0 Å². The first-order valence-corrected chi connectivity index (χ1v) is 7.84. The molecule has 1 fully saturated rings. The van der Waals surface area contributed by atoms with Gasteiger partial charge in [0.05, 0.1) is 0 Å². The first kappa shape index (κ1) is 12.9. The monoisotopic (exact) mass is 322 g/mol. The molecule has 0 amide bonds. The van der Waals surface area contributed by atoms with Gasteiger partial charge in [0, 0.05) is 16.7 Å². The number of hydrogen-bond donors (Lipinski definition) is 1. The molecule has 2 heterocycles. The molecule has 4 nitrogen and oxygen atoms in total. The van der Waals surface area contributed by atoms with Crippen molar-refractivity contribution in [1.29, 1.82) is 0 Å². The van der Waals surface area contributed by atoms with Crippen molar-refractivity contribution in [2.75, 3.05) is 5.73 Å². The smallest absolute Gasteiger partial charge is 0.202 e. The number of halogens is 1. The number of hydrogen-bond acceptors (Lipinski definition) is 3. The zero-order chi connectivity index (χ0) is 13.2. The van der Waals surface area contributed by atoms with Crippen LogP contribution in [0.25, 0.3) is 11.2 Å². The van der Waals surface area contributed by atoms with Crippen LogP contribution in [-0.2, 0) is 0 Å². The molecule has 3 rings (SSSR count). The van der Waals surface area contributed by atoms with Crippen molar-refractivity contribution < 1.29 is 0 Å². The molecule has 1 aliphatic rings. The van der Waals surface area contributed by atoms with E-state index in [1.54, 1.807) is 0 Å². The van der Waals surface area contributed by atoms with E-state index in [4.69, 9.17) is 5.73 Å². The normalized spacial score (nSPS) is 18.4. The maximum absolute atomic E-state index is 6.12. The second-order valence-corrected chi connectivity index (χ2v) is 6.25. The van der Waals surface area contributed by atoms with Crippen LogP contribution in [0.15, 0.2) is 16.7 Å². The van der Waals surface area contributed by atoms with Crippen LogP contribution in [0, 0.1) is 0 Å². The molecular formula is C14H19BrN4. The Balaban J connectivity index is 2.00. The minimum atomic E-state index is 0.457. The zero-order valence-electron chi connectivity index (χ0n) is 11.0. The Morgan fingerprint density at radius 3 is 2.58 bits per heavy atom. The predicted octanol–water partition coefficient (Wildman–Crippen LogP) is 4.06. The van der Waals surface area contributed by atoms with Crippen LogP contribution >= 0.6 is 15.9 Å². The summed E-state index contributed by atoms with van der Waals surface area (Å²) in [5, 5.41) is 0. The zero-order valence-corrected chi connectivity index (χ0v) is 12.6. The molecular weight excluding hydrogens is 304 g/mol. The van der Waals surface area contributed by atoms with Crippen molar-refractivity contribution in [3.63, 3.8) is 0 Å². The highest BCUT2D eigenvalue weighted by Crippen LogP contribution is 2.31. The molecule has 19 heavy (non-hydrogen) atoms. The number of rotatable bonds is 1. The summed E-state index contributed by atoms with van der Waals surface area (Å²) in [6.45, 7) is 0. The molecule has 0 atom stereocenters. The van der Waals surface area contributed by atoms with Gasteiger partial charge < -0.3 is 5.73 Å². The van der Waals surface area contributed by atoms with Gasteiger partial charge in [-0.1, -0.05) is 32.1 Å². The number of imidazole rings is 1. The highest BCUT2D eigenvalue weighted by molar-refractivity contribution is 9.10. The van der Waals surface area contributed by atoms with Crippen LogP contribution in [0.5, 0.6) is 0 Å². The van der Waals surface area contributed by atoms with Gasteiger partial charge in [0.1, 0.15) is 5.52 Å². The predicted molar refractivity (Wildman–Crippen MR) is 81.0 cm³/mol. The van der Waals surface area contributed by atoms with E-state index in [0.29, 0.717) is 12.0 Å². The quantitative estimate of drug-likeness (QED) is 0.861. The van der Waals surface area contributed by atoms with E-state index >= 15 is 0 Å². The van der Waals surface area contributed by atoms with Crippen LogP contribution < -0.4 is 5.73 Å². The highest BCUT2D eigenvalue weighted by atomic mass is 79.9. The SMILES string of the molecule is Nc1nc2cc(Br)cnc2n1C1CCCCCCC1. The lowest BCUT2D eigenvalue weighted by molar-refractivity contribution is 0.380. The minimum absolute atomic E-state index is 0.457. The fourth-order valence-electron chi connectivity index (χ4n) is 3.03. The summed E-state index contributed by atoms with van der Waals surface area (Å²) in [7, 11) is 0. The van der Waals surface area contributed by atoms with Crippen molar-refractivity contribution in [2.45, 2.75) is 51.0 Å². The molecule has 0 radical (unpaired) electrons. The van der Waals surface area contributed by atoms with E-state index in [1.165, 1.54) is 44.9 Å². The molecule has 0 spiro atoms. The van der Waals surface area contributed by atoms with Crippen LogP contribution in [-0.4, -0.2) is 14.5 Å². The summed E-state index contributed by atoms with van der Waals surface area (Å²) >= 11 is 3.43. The average molecular weight is 323 g/mol. The Morgan fingerprint density at radius 2 is 1.84 bits per heavy atom. The summed E-state index contributed by atoms with van der Waals surface area (Å²) in [6.07, 6.45) is 10.8. The molecule has 2 aromatic heterocycles. The molecule has 0 bridgehead atoms. The molecule has 102 valence electrons. The number of fused-ring (bicyclic) bond motifs is 1. The fourth-order valence-corrected chi connectivity index (χ4v) is 3.35. The van der Waals surface area contributed by atoms with Gasteiger partial charge >= 0.3 is 0 Å². The summed E-state index contributed by atoms with van der Waals surface area (Å²) < 4.78 is 3.09. The van der Waals surface area contributed by atoms with Crippen molar-refractivity contribution >= 4 is 33.0 Å². The van der Waals surface area contributed by atoms with E-state index < -0.39 is 0 Å². The number of nitrogen functional groups attached to an aromatic ring is 1. The van der Waals surface area contributed by atoms with Crippen molar-refractivity contribution in [3.05, 3.63) is 16.7 Å². The Labute approximate surface area is 121 Å². The third-order valence-electron chi connectivity index (χ3n) is 3.96. The molecule has 1 saturated carbocycles. The lowest BCUT2D eigenvalue weighted by Crippen LogP contribution is -2.14. The summed E-state index contributed by atoms with van der Waals surface area (Å²) in [4.78, 5) is 8.96. The number of aromatic nitrogens is 3. The van der Waals surface area contributed by atoms with Crippen molar-refractivity contribution in [3.8, 4) is 0 Å².